The molecule has 2 aromatic rings. The zero-order valence-corrected chi connectivity index (χ0v) is 15.3. The first kappa shape index (κ1) is 18.6. The molecular formula is C21H21NO5. The maximum atomic E-state index is 12.3. The molecule has 0 radical (unpaired) electrons. The van der Waals surface area contributed by atoms with E-state index in [4.69, 9.17) is 9.47 Å². The van der Waals surface area contributed by atoms with Gasteiger partial charge in [-0.2, -0.15) is 0 Å². The van der Waals surface area contributed by atoms with Crippen molar-refractivity contribution in [2.24, 2.45) is 0 Å². The van der Waals surface area contributed by atoms with Gasteiger partial charge in [-0.3, -0.25) is 9.59 Å². The number of hydrogen-bond acceptors (Lipinski definition) is 5. The van der Waals surface area contributed by atoms with Gasteiger partial charge in [0.25, 0.3) is 0 Å². The molecule has 0 aliphatic carbocycles. The van der Waals surface area contributed by atoms with Crippen LogP contribution in [0.4, 0.5) is 5.69 Å². The molecule has 2 aromatic carbocycles. The van der Waals surface area contributed by atoms with Crippen molar-refractivity contribution in [1.29, 1.82) is 0 Å². The molecule has 0 fully saturated rings. The van der Waals surface area contributed by atoms with Gasteiger partial charge < -0.3 is 14.8 Å². The largest absolute Gasteiger partial charge is 0.482 e. The van der Waals surface area contributed by atoms with Gasteiger partial charge in [0.05, 0.1) is 5.92 Å². The number of Topliss-reactive ketones (excluding diaryl/α,β-unsaturated/α-hetero) is 1. The second kappa shape index (κ2) is 8.03. The third-order valence-electron chi connectivity index (χ3n) is 4.54. The first-order chi connectivity index (χ1) is 13.0. The molecule has 0 spiro atoms. The smallest absolute Gasteiger partial charge is 0.344 e. The standard InChI is InChI=1S/C21H21NO5/c1-3-14-4-7-16(8-5-14)26-12-20(24)27-11-19(23)15-6-9-18-17(10-15)13(2)21(25)22-18/h4-10,13H,3,11-12H2,1-2H3,(H,22,25)/t13-/m1/s1. The molecule has 0 saturated carbocycles. The minimum atomic E-state index is -0.616. The van der Waals surface area contributed by atoms with Crippen molar-refractivity contribution in [2.45, 2.75) is 26.2 Å². The first-order valence-electron chi connectivity index (χ1n) is 8.83. The number of carbonyl (C=O) groups is 3. The van der Waals surface area contributed by atoms with E-state index in [1.807, 2.05) is 12.1 Å². The number of ketones is 1. The van der Waals surface area contributed by atoms with Crippen LogP contribution in [0.1, 0.15) is 41.3 Å². The maximum Gasteiger partial charge on any atom is 0.344 e. The van der Waals surface area contributed by atoms with E-state index in [1.165, 1.54) is 5.56 Å². The Hall–Kier alpha value is -3.15. The quantitative estimate of drug-likeness (QED) is 0.601. The number of esters is 1. The van der Waals surface area contributed by atoms with Crippen LogP contribution in [0.2, 0.25) is 0 Å². The Balaban J connectivity index is 1.50. The van der Waals surface area contributed by atoms with Crippen molar-refractivity contribution < 1.29 is 23.9 Å². The average molecular weight is 367 g/mol. The van der Waals surface area contributed by atoms with Crippen LogP contribution in [0.15, 0.2) is 42.5 Å². The molecule has 1 aliphatic rings. The van der Waals surface area contributed by atoms with Crippen LogP contribution in [0.5, 0.6) is 5.75 Å². The minimum Gasteiger partial charge on any atom is -0.482 e. The summed E-state index contributed by atoms with van der Waals surface area (Å²) in [6.07, 6.45) is 0.927. The second-order valence-corrected chi connectivity index (χ2v) is 6.38. The van der Waals surface area contributed by atoms with Crippen LogP contribution in [-0.4, -0.2) is 30.9 Å². The summed E-state index contributed by atoms with van der Waals surface area (Å²) in [5, 5.41) is 2.75. The first-order valence-corrected chi connectivity index (χ1v) is 8.83. The summed E-state index contributed by atoms with van der Waals surface area (Å²) < 4.78 is 10.4. The predicted octanol–water partition coefficient (Wildman–Crippen LogP) is 3.11. The summed E-state index contributed by atoms with van der Waals surface area (Å²) in [6, 6.07) is 12.4. The molecule has 0 unspecified atom stereocenters. The highest BCUT2D eigenvalue weighted by atomic mass is 16.6. The molecule has 1 atom stereocenters. The van der Waals surface area contributed by atoms with E-state index in [2.05, 4.69) is 12.2 Å². The molecular weight excluding hydrogens is 346 g/mol. The lowest BCUT2D eigenvalue weighted by atomic mass is 9.99. The van der Waals surface area contributed by atoms with Gasteiger partial charge in [0.2, 0.25) is 5.91 Å². The van der Waals surface area contributed by atoms with Gasteiger partial charge in [-0.25, -0.2) is 4.79 Å². The molecule has 0 bridgehead atoms. The number of aryl methyl sites for hydroxylation is 1. The molecule has 0 saturated heterocycles. The fourth-order valence-corrected chi connectivity index (χ4v) is 2.83. The van der Waals surface area contributed by atoms with Crippen molar-refractivity contribution >= 4 is 23.3 Å². The van der Waals surface area contributed by atoms with E-state index in [0.717, 1.165) is 12.0 Å². The highest BCUT2D eigenvalue weighted by Gasteiger charge is 2.27. The SMILES string of the molecule is CCc1ccc(OCC(=O)OCC(=O)c2ccc3c(c2)[C@@H](C)C(=O)N3)cc1. The fourth-order valence-electron chi connectivity index (χ4n) is 2.83. The van der Waals surface area contributed by atoms with Crippen LogP contribution in [0.25, 0.3) is 0 Å². The lowest BCUT2D eigenvalue weighted by Crippen LogP contribution is -2.19. The third kappa shape index (κ3) is 4.34. The molecule has 140 valence electrons. The Kier molecular flexibility index (Phi) is 5.54. The molecule has 1 heterocycles. The van der Waals surface area contributed by atoms with Gasteiger partial charge in [-0.05, 0) is 54.8 Å². The van der Waals surface area contributed by atoms with Crippen LogP contribution >= 0.6 is 0 Å². The van der Waals surface area contributed by atoms with Crippen LogP contribution in [0, 0.1) is 0 Å². The van der Waals surface area contributed by atoms with E-state index < -0.39 is 5.97 Å². The summed E-state index contributed by atoms with van der Waals surface area (Å²) in [5.41, 5.74) is 3.07. The van der Waals surface area contributed by atoms with Gasteiger partial charge >= 0.3 is 5.97 Å². The minimum absolute atomic E-state index is 0.0925. The lowest BCUT2D eigenvalue weighted by Gasteiger charge is -2.08. The summed E-state index contributed by atoms with van der Waals surface area (Å²) >= 11 is 0. The number of benzene rings is 2. The molecule has 1 amide bonds. The Bertz CT molecular complexity index is 873. The summed E-state index contributed by atoms with van der Waals surface area (Å²) in [7, 11) is 0. The third-order valence-corrected chi connectivity index (χ3v) is 4.54. The van der Waals surface area contributed by atoms with E-state index >= 15 is 0 Å². The van der Waals surface area contributed by atoms with Gasteiger partial charge in [-0.1, -0.05) is 19.1 Å². The monoisotopic (exact) mass is 367 g/mol. The van der Waals surface area contributed by atoms with Crippen molar-refractivity contribution in [3.05, 3.63) is 59.2 Å². The van der Waals surface area contributed by atoms with Gasteiger partial charge in [0.1, 0.15) is 5.75 Å². The van der Waals surface area contributed by atoms with Crippen molar-refractivity contribution in [3.8, 4) is 5.75 Å². The van der Waals surface area contributed by atoms with Crippen molar-refractivity contribution in [1.82, 2.24) is 0 Å². The number of rotatable bonds is 7. The Morgan fingerprint density at radius 3 is 2.52 bits per heavy atom. The Morgan fingerprint density at radius 2 is 1.81 bits per heavy atom. The zero-order valence-electron chi connectivity index (χ0n) is 15.3. The van der Waals surface area contributed by atoms with E-state index in [9.17, 15) is 14.4 Å². The van der Waals surface area contributed by atoms with E-state index in [0.29, 0.717) is 17.0 Å². The molecule has 3 rings (SSSR count). The van der Waals surface area contributed by atoms with Gasteiger partial charge in [-0.15, -0.1) is 0 Å². The number of nitrogens with one attached hydrogen (secondary N) is 1. The fraction of sp³-hybridized carbons (Fsp3) is 0.286. The van der Waals surface area contributed by atoms with Crippen LogP contribution in [0.3, 0.4) is 0 Å². The zero-order chi connectivity index (χ0) is 19.4. The van der Waals surface area contributed by atoms with Crippen LogP contribution in [-0.2, 0) is 20.7 Å². The Morgan fingerprint density at radius 1 is 1.07 bits per heavy atom. The maximum absolute atomic E-state index is 12.3. The second-order valence-electron chi connectivity index (χ2n) is 6.38. The van der Waals surface area contributed by atoms with Gasteiger partial charge in [0.15, 0.2) is 19.0 Å². The number of ether oxygens (including phenoxy) is 2. The van der Waals surface area contributed by atoms with E-state index in [1.54, 1.807) is 37.3 Å². The molecule has 1 aliphatic heterocycles. The van der Waals surface area contributed by atoms with Crippen molar-refractivity contribution in [3.63, 3.8) is 0 Å². The highest BCUT2D eigenvalue weighted by molar-refractivity contribution is 6.05. The average Bonchev–Trinajstić information content (AvgIpc) is 2.98. The normalized spacial score (nSPS) is 15.0. The summed E-state index contributed by atoms with van der Waals surface area (Å²) in [6.45, 7) is 3.20. The van der Waals surface area contributed by atoms with Crippen LogP contribution < -0.4 is 10.1 Å². The molecule has 1 N–H and O–H groups in total. The number of amides is 1. The number of hydrogen-bond donors (Lipinski definition) is 1. The molecule has 0 aromatic heterocycles. The van der Waals surface area contributed by atoms with Crippen molar-refractivity contribution in [2.75, 3.05) is 18.5 Å². The lowest BCUT2D eigenvalue weighted by molar-refractivity contribution is -0.144. The number of fused-ring (bicyclic) bond motifs is 1. The molecule has 6 heteroatoms. The predicted molar refractivity (Wildman–Crippen MR) is 100 cm³/mol. The summed E-state index contributed by atoms with van der Waals surface area (Å²) in [5.74, 6) is -0.771. The summed E-state index contributed by atoms with van der Waals surface area (Å²) in [4.78, 5) is 35.7. The number of anilines is 1. The highest BCUT2D eigenvalue weighted by Crippen LogP contribution is 2.32. The van der Waals surface area contributed by atoms with E-state index in [-0.39, 0.29) is 30.8 Å². The number of carbonyl (C=O) groups excluding carboxylic acids is 3. The Labute approximate surface area is 157 Å². The van der Waals surface area contributed by atoms with Gasteiger partial charge in [0, 0.05) is 11.3 Å². The molecule has 27 heavy (non-hydrogen) atoms. The molecule has 6 nitrogen and oxygen atoms in total. The topological polar surface area (TPSA) is 81.7 Å².